The maximum Gasteiger partial charge on any atom is 0.306 e. The minimum atomic E-state index is -4.65. The molecule has 96 heavy (non-hydrogen) atoms. The van der Waals surface area contributed by atoms with Crippen molar-refractivity contribution in [2.75, 3.05) is 47.5 Å². The summed E-state index contributed by atoms with van der Waals surface area (Å²) in [5.41, 5.74) is 0. The van der Waals surface area contributed by atoms with Crippen LogP contribution in [0.25, 0.3) is 0 Å². The molecule has 0 aromatic rings. The average molecular weight is 1360 g/mol. The van der Waals surface area contributed by atoms with Gasteiger partial charge in [0.25, 0.3) is 7.82 Å². The van der Waals surface area contributed by atoms with E-state index in [1.165, 1.54) is 205 Å². The lowest BCUT2D eigenvalue weighted by Crippen LogP contribution is -2.37. The first kappa shape index (κ1) is 92.2. The predicted octanol–water partition coefficient (Wildman–Crippen LogP) is 26.1. The Balaban J connectivity index is 3.95. The van der Waals surface area contributed by atoms with E-state index in [1.54, 1.807) is 0 Å². The quantitative estimate of drug-likeness (QED) is 0.0195. The van der Waals surface area contributed by atoms with Gasteiger partial charge in [0, 0.05) is 12.8 Å². The molecule has 0 N–H and O–H groups in total. The SMILES string of the molecule is CC/C=C\C/C=C\C/C=C\C/C=C\C/C=C\C/C=C\CCCCCCCCCCCCCCCCC(=O)OC(COC(=O)CCCCCCCCCCCCCCCCCCCCCCCCC/C=C\C/C=C\C/C=C\C/C=C\C/C=C\CC)COP(=O)([O-])OCC[N+](C)(C)C. The molecule has 0 radical (unpaired) electrons. The van der Waals surface area contributed by atoms with Crippen molar-refractivity contribution >= 4 is 19.8 Å². The molecule has 552 valence electrons. The van der Waals surface area contributed by atoms with Crippen molar-refractivity contribution in [1.29, 1.82) is 0 Å². The third kappa shape index (κ3) is 79.1. The van der Waals surface area contributed by atoms with E-state index in [9.17, 15) is 19.0 Å². The molecule has 0 aliphatic rings. The van der Waals surface area contributed by atoms with E-state index >= 15 is 0 Å². The molecule has 0 rings (SSSR count). The van der Waals surface area contributed by atoms with Gasteiger partial charge in [-0.05, 0) is 109 Å². The summed E-state index contributed by atoms with van der Waals surface area (Å²) in [6.45, 7) is 4.05. The molecule has 0 aliphatic heterocycles. The topological polar surface area (TPSA) is 111 Å². The summed E-state index contributed by atoms with van der Waals surface area (Å²) in [4.78, 5) is 38.2. The van der Waals surface area contributed by atoms with Crippen LogP contribution in [0.1, 0.15) is 348 Å². The molecule has 2 atom stereocenters. The summed E-state index contributed by atoms with van der Waals surface area (Å²) in [7, 11) is 1.17. The first-order valence-electron chi connectivity index (χ1n) is 39.9. The maximum atomic E-state index is 12.9. The molecule has 0 saturated heterocycles. The molecule has 0 bridgehead atoms. The van der Waals surface area contributed by atoms with E-state index in [0.717, 1.165) is 109 Å². The van der Waals surface area contributed by atoms with Gasteiger partial charge in [-0.25, -0.2) is 0 Å². The van der Waals surface area contributed by atoms with Crippen LogP contribution in [0.3, 0.4) is 0 Å². The Morgan fingerprint density at radius 2 is 0.562 bits per heavy atom. The Hall–Kier alpha value is -3.85. The fraction of sp³-hybridized carbons (Fsp3) is 0.721. The van der Waals surface area contributed by atoms with Crippen molar-refractivity contribution in [3.05, 3.63) is 134 Å². The van der Waals surface area contributed by atoms with Crippen molar-refractivity contribution in [3.63, 3.8) is 0 Å². The van der Waals surface area contributed by atoms with Crippen molar-refractivity contribution < 1.29 is 42.1 Å². The van der Waals surface area contributed by atoms with Gasteiger partial charge in [-0.15, -0.1) is 0 Å². The number of nitrogens with zero attached hydrogens (tertiary/aromatic N) is 1. The highest BCUT2D eigenvalue weighted by Gasteiger charge is 2.22. The fourth-order valence-corrected chi connectivity index (χ4v) is 11.9. The van der Waals surface area contributed by atoms with Gasteiger partial charge in [-0.1, -0.05) is 359 Å². The van der Waals surface area contributed by atoms with Gasteiger partial charge in [0.2, 0.25) is 0 Å². The number of ether oxygens (including phenoxy) is 2. The van der Waals surface area contributed by atoms with Crippen LogP contribution in [0.4, 0.5) is 0 Å². The van der Waals surface area contributed by atoms with Crippen molar-refractivity contribution in [2.45, 2.75) is 354 Å². The highest BCUT2D eigenvalue weighted by atomic mass is 31.2. The molecule has 0 aliphatic carbocycles. The number of quaternary nitrogens is 1. The smallest absolute Gasteiger partial charge is 0.306 e. The number of carbonyl (C=O) groups is 2. The van der Waals surface area contributed by atoms with Crippen molar-refractivity contribution in [1.82, 2.24) is 0 Å². The van der Waals surface area contributed by atoms with E-state index in [4.69, 9.17) is 18.5 Å². The van der Waals surface area contributed by atoms with E-state index in [2.05, 4.69) is 148 Å². The monoisotopic (exact) mass is 1360 g/mol. The minimum absolute atomic E-state index is 0.0335. The summed E-state index contributed by atoms with van der Waals surface area (Å²) in [5, 5.41) is 0. The molecule has 0 heterocycles. The van der Waals surface area contributed by atoms with Gasteiger partial charge < -0.3 is 27.9 Å². The molecule has 0 aromatic heterocycles. The summed E-state index contributed by atoms with van der Waals surface area (Å²) in [5.74, 6) is -0.824. The molecule has 0 fully saturated rings. The third-order valence-corrected chi connectivity index (χ3v) is 18.1. The third-order valence-electron chi connectivity index (χ3n) is 17.2. The number of likely N-dealkylation sites (N-methyl/N-ethyl adjacent to an activating group) is 1. The Kier molecular flexibility index (Phi) is 72.3. The number of rotatable bonds is 73. The van der Waals surface area contributed by atoms with Crippen molar-refractivity contribution in [2.24, 2.45) is 0 Å². The van der Waals surface area contributed by atoms with Crippen molar-refractivity contribution in [3.8, 4) is 0 Å². The highest BCUT2D eigenvalue weighted by Crippen LogP contribution is 2.38. The number of phosphoric ester groups is 1. The number of allylic oxidation sites excluding steroid dienone is 22. The maximum absolute atomic E-state index is 12.9. The van der Waals surface area contributed by atoms with Crippen LogP contribution in [0, 0.1) is 0 Å². The first-order chi connectivity index (χ1) is 47.0. The van der Waals surface area contributed by atoms with Gasteiger partial charge >= 0.3 is 11.9 Å². The van der Waals surface area contributed by atoms with E-state index in [1.807, 2.05) is 21.1 Å². The second kappa shape index (κ2) is 75.4. The number of phosphoric acid groups is 1. The van der Waals surface area contributed by atoms with Gasteiger partial charge in [-0.3, -0.25) is 14.2 Å². The molecule has 10 heteroatoms. The Bertz CT molecular complexity index is 2090. The number of carbonyl (C=O) groups excluding carboxylic acids is 2. The van der Waals surface area contributed by atoms with E-state index in [0.29, 0.717) is 17.4 Å². The molecule has 0 spiro atoms. The largest absolute Gasteiger partial charge is 0.756 e. The number of esters is 2. The molecule has 9 nitrogen and oxygen atoms in total. The average Bonchev–Trinajstić information content (AvgIpc) is 1.48. The van der Waals surface area contributed by atoms with Crippen LogP contribution >= 0.6 is 7.82 Å². The molecule has 0 aromatic carbocycles. The normalized spacial score (nSPS) is 13.8. The number of hydrogen-bond donors (Lipinski definition) is 0. The summed E-state index contributed by atoms with van der Waals surface area (Å²) < 4.78 is 34.4. The Morgan fingerprint density at radius 1 is 0.323 bits per heavy atom. The van der Waals surface area contributed by atoms with E-state index in [-0.39, 0.29) is 32.0 Å². The molecular weight excluding hydrogens is 1210 g/mol. The lowest BCUT2D eigenvalue weighted by atomic mass is 10.0. The van der Waals surface area contributed by atoms with Crippen LogP contribution in [0.5, 0.6) is 0 Å². The van der Waals surface area contributed by atoms with Crippen LogP contribution in [-0.4, -0.2) is 70.0 Å². The number of unbranched alkanes of at least 4 members (excludes halogenated alkanes) is 37. The summed E-state index contributed by atoms with van der Waals surface area (Å²) in [6, 6.07) is 0. The molecule has 0 amide bonds. The zero-order valence-electron chi connectivity index (χ0n) is 63.0. The van der Waals surface area contributed by atoms with Crippen LogP contribution in [0.15, 0.2) is 134 Å². The van der Waals surface area contributed by atoms with Crippen LogP contribution in [-0.2, 0) is 32.7 Å². The van der Waals surface area contributed by atoms with Gasteiger partial charge in [0.1, 0.15) is 19.8 Å². The molecule has 0 saturated carbocycles. The van der Waals surface area contributed by atoms with Gasteiger partial charge in [-0.2, -0.15) is 0 Å². The van der Waals surface area contributed by atoms with Crippen LogP contribution in [0.2, 0.25) is 0 Å². The summed E-state index contributed by atoms with van der Waals surface area (Å²) >= 11 is 0. The second-order valence-electron chi connectivity index (χ2n) is 27.7. The summed E-state index contributed by atoms with van der Waals surface area (Å²) in [6.07, 6.45) is 110. The Morgan fingerprint density at radius 3 is 0.833 bits per heavy atom. The zero-order valence-corrected chi connectivity index (χ0v) is 63.9. The standard InChI is InChI=1S/C86H150NO8P/c1-6-8-10-12-14-16-18-20-22-24-26-28-30-32-34-36-38-40-41-42-43-44-45-47-48-50-52-54-56-58-60-62-64-66-68-70-72-74-76-78-85(88)92-82-84(83-94-96(90,91)93-81-80-87(3,4)5)95-86(89)79-77-75-73-71-69-67-65-63-61-59-57-55-53-51-49-46-39-37-35-33-31-29-27-25-23-21-19-17-15-13-11-9-7-2/h8-11,14-17,20-23,26-29,32-35,39,46,84H,6-7,12-13,18-19,24-25,30-31,36-38,40-45,47-83H2,1-5H3/b10-8-,11-9-,16-14-,17-15-,22-20-,23-21-,28-26-,29-27-,34-32-,35-33-,46-39-. The predicted molar refractivity (Wildman–Crippen MR) is 415 cm³/mol. The fourth-order valence-electron chi connectivity index (χ4n) is 11.2. The molecule has 2 unspecified atom stereocenters. The first-order valence-corrected chi connectivity index (χ1v) is 41.4. The zero-order chi connectivity index (χ0) is 69.7. The van der Waals surface area contributed by atoms with Crippen LogP contribution < -0.4 is 4.89 Å². The Labute approximate surface area is 593 Å². The van der Waals surface area contributed by atoms with Gasteiger partial charge in [0.05, 0.1) is 27.7 Å². The lowest BCUT2D eigenvalue weighted by Gasteiger charge is -2.28. The second-order valence-corrected chi connectivity index (χ2v) is 29.1. The van der Waals surface area contributed by atoms with Gasteiger partial charge in [0.15, 0.2) is 6.10 Å². The highest BCUT2D eigenvalue weighted by molar-refractivity contribution is 7.45. The lowest BCUT2D eigenvalue weighted by molar-refractivity contribution is -0.870. The molecular formula is C86H150NO8P. The minimum Gasteiger partial charge on any atom is -0.756 e. The van der Waals surface area contributed by atoms with E-state index < -0.39 is 26.5 Å². The number of hydrogen-bond acceptors (Lipinski definition) is 8.